The van der Waals surface area contributed by atoms with E-state index in [0.717, 1.165) is 6.26 Å². The molecule has 0 radical (unpaired) electrons. The maximum Gasteiger partial charge on any atom is 0.302 e. The molecule has 11 heteroatoms. The minimum absolute atomic E-state index is 0.00506. The van der Waals surface area contributed by atoms with Gasteiger partial charge in [-0.05, 0) is 11.4 Å². The number of thiophene rings is 1. The molecule has 0 aliphatic carbocycles. The van der Waals surface area contributed by atoms with Crippen molar-refractivity contribution in [2.75, 3.05) is 17.7 Å². The third-order valence-corrected chi connectivity index (χ3v) is 4.77. The fraction of sp³-hybridized carbons (Fsp3) is 0.133. The summed E-state index contributed by atoms with van der Waals surface area (Å²) < 4.78 is 5.10. The number of hydrogen-bond acceptors (Lipinski definition) is 8. The first-order valence-corrected chi connectivity index (χ1v) is 9.08. The normalized spacial score (nSPS) is 10.3. The number of anilines is 2. The Morgan fingerprint density at radius 3 is 2.73 bits per heavy atom. The van der Waals surface area contributed by atoms with Crippen molar-refractivity contribution in [2.24, 2.45) is 0 Å². The summed E-state index contributed by atoms with van der Waals surface area (Å²) in [5.74, 6) is -1.07. The molecule has 9 nitrogen and oxygen atoms in total. The van der Waals surface area contributed by atoms with Crippen LogP contribution in [-0.2, 0) is 11.2 Å². The summed E-state index contributed by atoms with van der Waals surface area (Å²) >= 11 is 2.47. The van der Waals surface area contributed by atoms with Crippen molar-refractivity contribution in [3.05, 3.63) is 45.4 Å². The second kappa shape index (κ2) is 7.89. The highest BCUT2D eigenvalue weighted by atomic mass is 32.1. The molecule has 0 aliphatic heterocycles. The first kappa shape index (κ1) is 17.8. The van der Waals surface area contributed by atoms with Gasteiger partial charge in [0.2, 0.25) is 5.91 Å². The van der Waals surface area contributed by atoms with Gasteiger partial charge in [0.1, 0.15) is 6.26 Å². The van der Waals surface area contributed by atoms with Crippen LogP contribution in [0.5, 0.6) is 0 Å². The molecule has 0 aliphatic rings. The first-order chi connectivity index (χ1) is 12.5. The fourth-order valence-electron chi connectivity index (χ4n) is 1.86. The van der Waals surface area contributed by atoms with E-state index < -0.39 is 5.91 Å². The highest BCUT2D eigenvalue weighted by Crippen LogP contribution is 2.18. The molecule has 3 N–H and O–H groups in total. The zero-order chi connectivity index (χ0) is 18.5. The van der Waals surface area contributed by atoms with Crippen molar-refractivity contribution in [2.45, 2.75) is 6.42 Å². The Bertz CT molecular complexity index is 932. The number of carbonyl (C=O) groups is 3. The van der Waals surface area contributed by atoms with Crippen LogP contribution in [0.4, 0.5) is 11.1 Å². The minimum atomic E-state index is -0.536. The Balaban J connectivity index is 1.59. The number of amides is 3. The lowest BCUT2D eigenvalue weighted by Crippen LogP contribution is -2.20. The highest BCUT2D eigenvalue weighted by molar-refractivity contribution is 7.14. The molecule has 26 heavy (non-hydrogen) atoms. The second-order valence-corrected chi connectivity index (χ2v) is 6.72. The fourth-order valence-corrected chi connectivity index (χ4v) is 3.19. The van der Waals surface area contributed by atoms with Gasteiger partial charge in [0, 0.05) is 12.4 Å². The molecular formula is C15H13N5O4S2. The Morgan fingerprint density at radius 2 is 2.00 bits per heavy atom. The standard InChI is InChI=1S/C15H13N5O4S2/c1-16-11(21)5-8-7-26-15(17-8)20-12(22)9-6-24-14(18-9)19-13(23)10-3-2-4-25-10/h2-4,6-7H,5H2,1H3,(H,16,21)(H,17,20,22)(H,18,19,23). The van der Waals surface area contributed by atoms with Gasteiger partial charge in [0.15, 0.2) is 10.8 Å². The number of rotatable bonds is 6. The summed E-state index contributed by atoms with van der Waals surface area (Å²) in [5.41, 5.74) is 0.545. The number of nitrogens with zero attached hydrogens (tertiary/aromatic N) is 2. The van der Waals surface area contributed by atoms with Gasteiger partial charge in [0.05, 0.1) is 17.0 Å². The average Bonchev–Trinajstić information content (AvgIpc) is 3.36. The number of aromatic nitrogens is 2. The zero-order valence-electron chi connectivity index (χ0n) is 13.4. The van der Waals surface area contributed by atoms with E-state index in [1.807, 2.05) is 0 Å². The van der Waals surface area contributed by atoms with Crippen LogP contribution in [0.15, 0.2) is 33.6 Å². The van der Waals surface area contributed by atoms with E-state index in [1.165, 1.54) is 29.7 Å². The molecular weight excluding hydrogens is 378 g/mol. The van der Waals surface area contributed by atoms with E-state index in [1.54, 1.807) is 22.9 Å². The van der Waals surface area contributed by atoms with Crippen LogP contribution in [-0.4, -0.2) is 34.7 Å². The maximum atomic E-state index is 12.2. The largest absolute Gasteiger partial charge is 0.431 e. The molecule has 3 aromatic rings. The quantitative estimate of drug-likeness (QED) is 0.590. The molecule has 0 fully saturated rings. The summed E-state index contributed by atoms with van der Waals surface area (Å²) in [7, 11) is 1.54. The highest BCUT2D eigenvalue weighted by Gasteiger charge is 2.17. The SMILES string of the molecule is CNC(=O)Cc1csc(NC(=O)c2coc(NC(=O)c3cccs3)n2)n1. The number of nitrogens with one attached hydrogen (secondary N) is 3. The third-order valence-electron chi connectivity index (χ3n) is 3.09. The van der Waals surface area contributed by atoms with Crippen molar-refractivity contribution >= 4 is 51.5 Å². The van der Waals surface area contributed by atoms with Crippen molar-refractivity contribution in [3.8, 4) is 0 Å². The summed E-state index contributed by atoms with van der Waals surface area (Å²) in [6.45, 7) is 0. The molecule has 3 heterocycles. The van der Waals surface area contributed by atoms with Crippen LogP contribution in [0.1, 0.15) is 25.9 Å². The molecule has 0 atom stereocenters. The minimum Gasteiger partial charge on any atom is -0.431 e. The molecule has 0 spiro atoms. The van der Waals surface area contributed by atoms with Crippen molar-refractivity contribution in [1.29, 1.82) is 0 Å². The topological polar surface area (TPSA) is 126 Å². The van der Waals surface area contributed by atoms with E-state index in [-0.39, 0.29) is 29.9 Å². The van der Waals surface area contributed by atoms with Gasteiger partial charge < -0.3 is 9.73 Å². The molecule has 0 saturated carbocycles. The molecule has 0 bridgehead atoms. The number of carbonyl (C=O) groups excluding carboxylic acids is 3. The third kappa shape index (κ3) is 4.32. The molecule has 0 unspecified atom stereocenters. The Hall–Kier alpha value is -3.05. The van der Waals surface area contributed by atoms with Crippen LogP contribution >= 0.6 is 22.7 Å². The van der Waals surface area contributed by atoms with E-state index in [9.17, 15) is 14.4 Å². The molecule has 3 amide bonds. The van der Waals surface area contributed by atoms with Gasteiger partial charge in [-0.2, -0.15) is 4.98 Å². The lowest BCUT2D eigenvalue weighted by Gasteiger charge is -1.98. The monoisotopic (exact) mass is 391 g/mol. The zero-order valence-corrected chi connectivity index (χ0v) is 15.1. The lowest BCUT2D eigenvalue weighted by molar-refractivity contribution is -0.120. The van der Waals surface area contributed by atoms with Gasteiger partial charge in [-0.15, -0.1) is 22.7 Å². The van der Waals surface area contributed by atoms with E-state index >= 15 is 0 Å². The molecule has 134 valence electrons. The smallest absolute Gasteiger partial charge is 0.302 e. The van der Waals surface area contributed by atoms with Crippen LogP contribution in [0.3, 0.4) is 0 Å². The number of thiazole rings is 1. The maximum absolute atomic E-state index is 12.2. The molecule has 0 saturated heterocycles. The van der Waals surface area contributed by atoms with Gasteiger partial charge >= 0.3 is 6.01 Å². The predicted octanol–water partition coefficient (Wildman–Crippen LogP) is 1.99. The van der Waals surface area contributed by atoms with Crippen molar-refractivity contribution < 1.29 is 18.8 Å². The predicted molar refractivity (Wildman–Crippen MR) is 96.6 cm³/mol. The number of likely N-dealkylation sites (N-methyl/N-ethyl adjacent to an activating group) is 1. The summed E-state index contributed by atoms with van der Waals surface area (Å²) in [6.07, 6.45) is 1.27. The summed E-state index contributed by atoms with van der Waals surface area (Å²) in [4.78, 5) is 44.0. The van der Waals surface area contributed by atoms with Gasteiger partial charge in [-0.1, -0.05) is 6.07 Å². The summed E-state index contributed by atoms with van der Waals surface area (Å²) in [6, 6.07) is 3.34. The van der Waals surface area contributed by atoms with Crippen LogP contribution in [0.2, 0.25) is 0 Å². The van der Waals surface area contributed by atoms with Crippen LogP contribution in [0.25, 0.3) is 0 Å². The Labute approximate surface area is 155 Å². The Kier molecular flexibility index (Phi) is 5.39. The molecule has 3 aromatic heterocycles. The van der Waals surface area contributed by atoms with Crippen molar-refractivity contribution in [3.63, 3.8) is 0 Å². The van der Waals surface area contributed by atoms with E-state index in [2.05, 4.69) is 25.9 Å². The first-order valence-electron chi connectivity index (χ1n) is 7.32. The van der Waals surface area contributed by atoms with E-state index in [4.69, 9.17) is 4.42 Å². The van der Waals surface area contributed by atoms with E-state index in [0.29, 0.717) is 15.7 Å². The van der Waals surface area contributed by atoms with Gasteiger partial charge in [-0.3, -0.25) is 25.0 Å². The van der Waals surface area contributed by atoms with Gasteiger partial charge in [0.25, 0.3) is 11.8 Å². The Morgan fingerprint density at radius 1 is 1.15 bits per heavy atom. The number of oxazole rings is 1. The lowest BCUT2D eigenvalue weighted by atomic mass is 10.3. The average molecular weight is 391 g/mol. The molecule has 3 rings (SSSR count). The van der Waals surface area contributed by atoms with Gasteiger partial charge in [-0.25, -0.2) is 4.98 Å². The van der Waals surface area contributed by atoms with Crippen LogP contribution in [0, 0.1) is 0 Å². The van der Waals surface area contributed by atoms with Crippen LogP contribution < -0.4 is 16.0 Å². The number of hydrogen-bond donors (Lipinski definition) is 3. The van der Waals surface area contributed by atoms with Crippen molar-refractivity contribution in [1.82, 2.24) is 15.3 Å². The second-order valence-electron chi connectivity index (χ2n) is 4.92. The molecule has 0 aromatic carbocycles. The summed E-state index contributed by atoms with van der Waals surface area (Å²) in [5, 5.41) is 11.3.